The first-order valence-electron chi connectivity index (χ1n) is 6.43. The highest BCUT2D eigenvalue weighted by Gasteiger charge is 2.24. The van der Waals surface area contributed by atoms with E-state index >= 15 is 0 Å². The first-order chi connectivity index (χ1) is 7.24. The minimum atomic E-state index is 0.406. The summed E-state index contributed by atoms with van der Waals surface area (Å²) in [5, 5.41) is 0. The van der Waals surface area contributed by atoms with E-state index in [-0.39, 0.29) is 0 Å². The van der Waals surface area contributed by atoms with E-state index in [4.69, 9.17) is 10.5 Å². The zero-order chi connectivity index (χ0) is 11.6. The van der Waals surface area contributed by atoms with Crippen molar-refractivity contribution in [3.63, 3.8) is 0 Å². The van der Waals surface area contributed by atoms with Crippen LogP contribution in [0.25, 0.3) is 0 Å². The monoisotopic (exact) mass is 215 g/mol. The third-order valence-electron chi connectivity index (χ3n) is 3.55. The molecule has 0 aromatic carbocycles. The second-order valence-corrected chi connectivity index (χ2v) is 4.61. The molecular weight excluding hydrogens is 186 g/mol. The summed E-state index contributed by atoms with van der Waals surface area (Å²) in [6.07, 6.45) is 8.80. The molecule has 92 valence electrons. The Kier molecular flexibility index (Phi) is 9.12. The van der Waals surface area contributed by atoms with Gasteiger partial charge < -0.3 is 10.5 Å². The number of methoxy groups -OCH3 is 1. The smallest absolute Gasteiger partial charge is 0.0462 e. The summed E-state index contributed by atoms with van der Waals surface area (Å²) in [5.41, 5.74) is 6.35. The predicted octanol–water partition coefficient (Wildman–Crippen LogP) is 3.35. The summed E-state index contributed by atoms with van der Waals surface area (Å²) in [6, 6.07) is 0. The van der Waals surface area contributed by atoms with Crippen molar-refractivity contribution in [1.82, 2.24) is 0 Å². The topological polar surface area (TPSA) is 35.2 Å². The van der Waals surface area contributed by atoms with Crippen molar-refractivity contribution in [1.29, 1.82) is 0 Å². The van der Waals surface area contributed by atoms with E-state index in [0.717, 1.165) is 13.2 Å². The molecule has 2 nitrogen and oxygen atoms in total. The van der Waals surface area contributed by atoms with Crippen LogP contribution in [0.1, 0.15) is 58.8 Å². The number of hydrogen-bond acceptors (Lipinski definition) is 2. The molecule has 0 radical (unpaired) electrons. The van der Waals surface area contributed by atoms with Crippen molar-refractivity contribution in [2.75, 3.05) is 20.3 Å². The molecule has 0 rings (SSSR count). The van der Waals surface area contributed by atoms with Crippen molar-refractivity contribution >= 4 is 0 Å². The molecule has 0 saturated heterocycles. The molecule has 0 fully saturated rings. The van der Waals surface area contributed by atoms with Crippen molar-refractivity contribution in [3.05, 3.63) is 0 Å². The van der Waals surface area contributed by atoms with E-state index in [2.05, 4.69) is 13.8 Å². The quantitative estimate of drug-likeness (QED) is 0.567. The van der Waals surface area contributed by atoms with E-state index in [9.17, 15) is 0 Å². The zero-order valence-electron chi connectivity index (χ0n) is 10.8. The summed E-state index contributed by atoms with van der Waals surface area (Å²) in [7, 11) is 1.77. The summed E-state index contributed by atoms with van der Waals surface area (Å²) >= 11 is 0. The van der Waals surface area contributed by atoms with Gasteiger partial charge in [-0.05, 0) is 37.6 Å². The Morgan fingerprint density at radius 1 is 1.07 bits per heavy atom. The van der Waals surface area contributed by atoms with Gasteiger partial charge in [-0.25, -0.2) is 0 Å². The average Bonchev–Trinajstić information content (AvgIpc) is 2.29. The molecule has 1 atom stereocenters. The van der Waals surface area contributed by atoms with Gasteiger partial charge >= 0.3 is 0 Å². The van der Waals surface area contributed by atoms with Gasteiger partial charge in [0.2, 0.25) is 0 Å². The molecule has 0 amide bonds. The van der Waals surface area contributed by atoms with Crippen LogP contribution in [0, 0.1) is 5.41 Å². The Balaban J connectivity index is 3.88. The molecule has 2 N–H and O–H groups in total. The zero-order valence-corrected chi connectivity index (χ0v) is 10.8. The average molecular weight is 215 g/mol. The van der Waals surface area contributed by atoms with Crippen LogP contribution in [0.4, 0.5) is 0 Å². The van der Waals surface area contributed by atoms with Crippen molar-refractivity contribution in [3.8, 4) is 0 Å². The summed E-state index contributed by atoms with van der Waals surface area (Å²) in [5.74, 6) is 0. The van der Waals surface area contributed by atoms with Crippen molar-refractivity contribution in [2.45, 2.75) is 58.8 Å². The van der Waals surface area contributed by atoms with E-state index < -0.39 is 0 Å². The predicted molar refractivity (Wildman–Crippen MR) is 67.0 cm³/mol. The lowest BCUT2D eigenvalue weighted by Crippen LogP contribution is -2.30. The first kappa shape index (κ1) is 14.9. The third kappa shape index (κ3) is 6.16. The fourth-order valence-corrected chi connectivity index (χ4v) is 2.13. The molecule has 0 aromatic rings. The van der Waals surface area contributed by atoms with Crippen LogP contribution in [0.5, 0.6) is 0 Å². The molecule has 0 heterocycles. The molecular formula is C13H29NO. The number of nitrogens with two attached hydrogens (primary N) is 1. The van der Waals surface area contributed by atoms with Crippen LogP contribution < -0.4 is 5.73 Å². The van der Waals surface area contributed by atoms with Crippen LogP contribution >= 0.6 is 0 Å². The normalized spacial score (nSPS) is 15.2. The SMILES string of the molecule is CCCCC(CC)(CN)CCCCOC. The van der Waals surface area contributed by atoms with Gasteiger partial charge in [0.25, 0.3) is 0 Å². The number of ether oxygens (including phenoxy) is 1. The van der Waals surface area contributed by atoms with Gasteiger partial charge in [-0.3, -0.25) is 0 Å². The molecule has 0 aliphatic heterocycles. The van der Waals surface area contributed by atoms with Gasteiger partial charge in [0, 0.05) is 13.7 Å². The maximum absolute atomic E-state index is 5.94. The van der Waals surface area contributed by atoms with Crippen molar-refractivity contribution in [2.24, 2.45) is 11.1 Å². The maximum atomic E-state index is 5.94. The number of unbranched alkanes of at least 4 members (excludes halogenated alkanes) is 2. The van der Waals surface area contributed by atoms with Gasteiger partial charge in [-0.1, -0.05) is 33.1 Å². The van der Waals surface area contributed by atoms with Gasteiger partial charge in [-0.2, -0.15) is 0 Å². The highest BCUT2D eigenvalue weighted by molar-refractivity contribution is 4.78. The Morgan fingerprint density at radius 2 is 1.73 bits per heavy atom. The Hall–Kier alpha value is -0.0800. The maximum Gasteiger partial charge on any atom is 0.0462 e. The standard InChI is InChI=1S/C13H29NO/c1-4-6-9-13(5-2,12-14)10-7-8-11-15-3/h4-12,14H2,1-3H3. The lowest BCUT2D eigenvalue weighted by Gasteiger charge is -2.31. The Bertz CT molecular complexity index is 132. The highest BCUT2D eigenvalue weighted by Crippen LogP contribution is 2.33. The Morgan fingerprint density at radius 3 is 2.20 bits per heavy atom. The molecule has 0 aromatic heterocycles. The van der Waals surface area contributed by atoms with E-state index in [1.807, 2.05) is 0 Å². The number of hydrogen-bond donors (Lipinski definition) is 1. The van der Waals surface area contributed by atoms with Gasteiger partial charge in [0.15, 0.2) is 0 Å². The molecule has 0 bridgehead atoms. The second-order valence-electron chi connectivity index (χ2n) is 4.61. The fourth-order valence-electron chi connectivity index (χ4n) is 2.13. The summed E-state index contributed by atoms with van der Waals surface area (Å²) < 4.78 is 5.07. The molecule has 0 saturated carbocycles. The third-order valence-corrected chi connectivity index (χ3v) is 3.55. The fraction of sp³-hybridized carbons (Fsp3) is 1.00. The molecule has 0 spiro atoms. The van der Waals surface area contributed by atoms with E-state index in [1.165, 1.54) is 44.9 Å². The van der Waals surface area contributed by atoms with Gasteiger partial charge in [-0.15, -0.1) is 0 Å². The van der Waals surface area contributed by atoms with E-state index in [1.54, 1.807) is 7.11 Å². The molecule has 0 aliphatic rings. The number of rotatable bonds is 10. The van der Waals surface area contributed by atoms with Crippen LogP contribution in [-0.4, -0.2) is 20.3 Å². The van der Waals surface area contributed by atoms with Crippen molar-refractivity contribution < 1.29 is 4.74 Å². The van der Waals surface area contributed by atoms with Gasteiger partial charge in [0.05, 0.1) is 0 Å². The van der Waals surface area contributed by atoms with Crippen LogP contribution in [0.2, 0.25) is 0 Å². The minimum Gasteiger partial charge on any atom is -0.385 e. The summed E-state index contributed by atoms with van der Waals surface area (Å²) in [4.78, 5) is 0. The second kappa shape index (κ2) is 9.17. The summed E-state index contributed by atoms with van der Waals surface area (Å²) in [6.45, 7) is 6.26. The molecule has 2 heteroatoms. The molecule has 15 heavy (non-hydrogen) atoms. The lowest BCUT2D eigenvalue weighted by atomic mass is 9.76. The molecule has 1 unspecified atom stereocenters. The lowest BCUT2D eigenvalue weighted by molar-refractivity contribution is 0.175. The largest absolute Gasteiger partial charge is 0.385 e. The van der Waals surface area contributed by atoms with E-state index in [0.29, 0.717) is 5.41 Å². The molecule has 0 aliphatic carbocycles. The minimum absolute atomic E-state index is 0.406. The first-order valence-corrected chi connectivity index (χ1v) is 6.43. The van der Waals surface area contributed by atoms with Gasteiger partial charge in [0.1, 0.15) is 0 Å². The van der Waals surface area contributed by atoms with Crippen LogP contribution in [0.3, 0.4) is 0 Å². The van der Waals surface area contributed by atoms with Crippen LogP contribution in [0.15, 0.2) is 0 Å². The van der Waals surface area contributed by atoms with Crippen LogP contribution in [-0.2, 0) is 4.74 Å². The highest BCUT2D eigenvalue weighted by atomic mass is 16.5. The Labute approximate surface area is 95.6 Å².